The van der Waals surface area contributed by atoms with E-state index in [0.29, 0.717) is 32.9 Å². The molecule has 4 rings (SSSR count). The molecule has 1 atom stereocenters. The van der Waals surface area contributed by atoms with Crippen LogP contribution in [-0.2, 0) is 17.4 Å². The summed E-state index contributed by atoms with van der Waals surface area (Å²) in [5.41, 5.74) is 5.60. The van der Waals surface area contributed by atoms with E-state index in [1.807, 2.05) is 86.6 Å². The third-order valence-corrected chi connectivity index (χ3v) is 9.09. The first kappa shape index (κ1) is 25.2. The van der Waals surface area contributed by atoms with Gasteiger partial charge in [-0.1, -0.05) is 87.4 Å². The van der Waals surface area contributed by atoms with Crippen LogP contribution >= 0.6 is 54.2 Å². The highest BCUT2D eigenvalue weighted by Crippen LogP contribution is 2.34. The molecule has 0 radical (unpaired) electrons. The molecule has 0 aliphatic rings. The maximum absolute atomic E-state index is 14.0. The second kappa shape index (κ2) is 10.8. The second-order valence-corrected chi connectivity index (χ2v) is 11.4. The van der Waals surface area contributed by atoms with Crippen molar-refractivity contribution in [3.63, 3.8) is 0 Å². The predicted octanol–water partition coefficient (Wildman–Crippen LogP) is 8.88. The second-order valence-electron chi connectivity index (χ2n) is 8.25. The van der Waals surface area contributed by atoms with Crippen molar-refractivity contribution in [3.8, 4) is 0 Å². The van der Waals surface area contributed by atoms with Gasteiger partial charge in [0.1, 0.15) is 0 Å². The van der Waals surface area contributed by atoms with Gasteiger partial charge in [-0.05, 0) is 72.5 Å². The van der Waals surface area contributed by atoms with E-state index in [-0.39, 0.29) is 0 Å². The van der Waals surface area contributed by atoms with Gasteiger partial charge in [-0.3, -0.25) is 0 Å². The van der Waals surface area contributed by atoms with Crippen molar-refractivity contribution in [1.29, 1.82) is 0 Å². The van der Waals surface area contributed by atoms with Gasteiger partial charge < -0.3 is 0 Å². The highest BCUT2D eigenvalue weighted by molar-refractivity contribution is 7.61. The molecule has 0 saturated carbocycles. The molecule has 0 amide bonds. The molecule has 4 aromatic rings. The van der Waals surface area contributed by atoms with Crippen LogP contribution in [0.5, 0.6) is 0 Å². The molecular formula is C28H22Cl4OP+. The molecule has 34 heavy (non-hydrogen) atoms. The van der Waals surface area contributed by atoms with E-state index in [2.05, 4.69) is 0 Å². The number of hydrogen-bond acceptors (Lipinski definition) is 1. The maximum atomic E-state index is 14.0. The molecule has 1 nitrogen and oxygen atoms in total. The summed E-state index contributed by atoms with van der Waals surface area (Å²) >= 11 is 26.1. The van der Waals surface area contributed by atoms with E-state index in [0.717, 1.165) is 44.0 Å². The van der Waals surface area contributed by atoms with Crippen molar-refractivity contribution in [2.75, 3.05) is 0 Å². The molecule has 0 N–H and O–H groups in total. The topological polar surface area (TPSA) is 17.1 Å². The zero-order valence-electron chi connectivity index (χ0n) is 18.7. The average molecular weight is 547 g/mol. The fourth-order valence-electron chi connectivity index (χ4n) is 4.02. The maximum Gasteiger partial charge on any atom is 0.415 e. The Labute approximate surface area is 221 Å². The van der Waals surface area contributed by atoms with Gasteiger partial charge in [-0.2, -0.15) is 0 Å². The quantitative estimate of drug-likeness (QED) is 0.221. The van der Waals surface area contributed by atoms with Gasteiger partial charge in [0.05, 0.1) is 0 Å². The van der Waals surface area contributed by atoms with Gasteiger partial charge in [0.2, 0.25) is 0 Å². The third kappa shape index (κ3) is 5.35. The number of benzene rings is 4. The molecule has 0 aromatic heterocycles. The summed E-state index contributed by atoms with van der Waals surface area (Å²) in [6.45, 7) is 3.99. The molecule has 0 spiro atoms. The molecule has 6 heteroatoms. The standard InChI is InChI=1S/C28H22Cl4OP/c1-17-12-13-18(2)28(14-17)34(33)27-11-3-6-19(15-21-23(29)7-4-8-24(21)30)20(27)16-22-25(31)9-5-10-26(22)32/h3-14H,15-16H2,1-2H3/q+1. The first-order valence-corrected chi connectivity index (χ1v) is 13.5. The summed E-state index contributed by atoms with van der Waals surface area (Å²) in [6.07, 6.45) is 0.942. The highest BCUT2D eigenvalue weighted by Gasteiger charge is 2.31. The summed E-state index contributed by atoms with van der Waals surface area (Å²) in [6, 6.07) is 22.9. The number of rotatable bonds is 6. The molecular weight excluding hydrogens is 525 g/mol. The largest absolute Gasteiger partial charge is 0.415 e. The Kier molecular flexibility index (Phi) is 8.03. The Bertz CT molecular complexity index is 1360. The van der Waals surface area contributed by atoms with Crippen LogP contribution in [0.3, 0.4) is 0 Å². The summed E-state index contributed by atoms with van der Waals surface area (Å²) in [5.74, 6) is 0. The number of aryl methyl sites for hydroxylation is 2. The minimum absolute atomic E-state index is 0.442. The molecule has 0 heterocycles. The average Bonchev–Trinajstić information content (AvgIpc) is 2.80. The zero-order valence-corrected chi connectivity index (χ0v) is 22.6. The Morgan fingerprint density at radius 1 is 0.618 bits per heavy atom. The van der Waals surface area contributed by atoms with Gasteiger partial charge in [-0.15, -0.1) is 0 Å². The van der Waals surface area contributed by atoms with Crippen LogP contribution in [0.4, 0.5) is 0 Å². The van der Waals surface area contributed by atoms with Gasteiger partial charge >= 0.3 is 7.80 Å². The number of hydrogen-bond donors (Lipinski definition) is 0. The van der Waals surface area contributed by atoms with Crippen LogP contribution in [0.25, 0.3) is 0 Å². The first-order chi connectivity index (χ1) is 16.3. The van der Waals surface area contributed by atoms with Gasteiger partial charge in [-0.25, -0.2) is 0 Å². The van der Waals surface area contributed by atoms with Crippen molar-refractivity contribution < 1.29 is 4.57 Å². The van der Waals surface area contributed by atoms with Gasteiger partial charge in [0, 0.05) is 44.1 Å². The minimum atomic E-state index is -1.85. The van der Waals surface area contributed by atoms with Gasteiger partial charge in [0.15, 0.2) is 10.6 Å². The number of halogens is 4. The van der Waals surface area contributed by atoms with Crippen LogP contribution in [0, 0.1) is 13.8 Å². The normalized spacial score (nSPS) is 11.5. The van der Waals surface area contributed by atoms with Crippen LogP contribution in [0.1, 0.15) is 33.4 Å². The van der Waals surface area contributed by atoms with Crippen LogP contribution in [0.2, 0.25) is 20.1 Å². The van der Waals surface area contributed by atoms with E-state index in [1.165, 1.54) is 0 Å². The van der Waals surface area contributed by atoms with Crippen molar-refractivity contribution in [3.05, 3.63) is 126 Å². The monoisotopic (exact) mass is 545 g/mol. The molecule has 0 bridgehead atoms. The van der Waals surface area contributed by atoms with E-state index >= 15 is 0 Å². The molecule has 4 aromatic carbocycles. The zero-order chi connectivity index (χ0) is 24.4. The predicted molar refractivity (Wildman–Crippen MR) is 148 cm³/mol. The molecule has 0 fully saturated rings. The Hall–Kier alpha value is -1.86. The van der Waals surface area contributed by atoms with Crippen LogP contribution in [-0.4, -0.2) is 0 Å². The fraction of sp³-hybridized carbons (Fsp3) is 0.143. The molecule has 0 aliphatic carbocycles. The highest BCUT2D eigenvalue weighted by atomic mass is 35.5. The fourth-order valence-corrected chi connectivity index (χ4v) is 6.75. The lowest BCUT2D eigenvalue weighted by atomic mass is 9.95. The molecule has 0 aliphatic heterocycles. The van der Waals surface area contributed by atoms with Crippen molar-refractivity contribution >= 4 is 64.8 Å². The summed E-state index contributed by atoms with van der Waals surface area (Å²) in [5, 5.41) is 3.93. The van der Waals surface area contributed by atoms with Gasteiger partial charge in [0.25, 0.3) is 0 Å². The summed E-state index contributed by atoms with van der Waals surface area (Å²) < 4.78 is 14.0. The lowest BCUT2D eigenvalue weighted by molar-refractivity contribution is 0.598. The van der Waals surface area contributed by atoms with Crippen molar-refractivity contribution in [2.45, 2.75) is 26.7 Å². The lowest BCUT2D eigenvalue weighted by Gasteiger charge is -2.14. The van der Waals surface area contributed by atoms with E-state index in [1.54, 1.807) is 0 Å². The summed E-state index contributed by atoms with van der Waals surface area (Å²) in [4.78, 5) is 0. The molecule has 1 unspecified atom stereocenters. The van der Waals surface area contributed by atoms with Crippen molar-refractivity contribution in [2.24, 2.45) is 0 Å². The Morgan fingerprint density at radius 3 is 1.74 bits per heavy atom. The van der Waals surface area contributed by atoms with E-state index in [9.17, 15) is 4.57 Å². The summed E-state index contributed by atoms with van der Waals surface area (Å²) in [7, 11) is -1.85. The smallest absolute Gasteiger partial charge is 0.0840 e. The SMILES string of the molecule is Cc1ccc(C)c([P+](=O)c2cccc(Cc3c(Cl)cccc3Cl)c2Cc2c(Cl)cccc2Cl)c1. The minimum Gasteiger partial charge on any atom is -0.0840 e. The van der Waals surface area contributed by atoms with Crippen LogP contribution in [0.15, 0.2) is 72.8 Å². The van der Waals surface area contributed by atoms with Crippen LogP contribution < -0.4 is 10.6 Å². The van der Waals surface area contributed by atoms with E-state index in [4.69, 9.17) is 46.4 Å². The third-order valence-electron chi connectivity index (χ3n) is 5.89. The van der Waals surface area contributed by atoms with E-state index < -0.39 is 7.80 Å². The lowest BCUT2D eigenvalue weighted by Crippen LogP contribution is -2.17. The first-order valence-electron chi connectivity index (χ1n) is 10.8. The Morgan fingerprint density at radius 2 is 1.15 bits per heavy atom. The van der Waals surface area contributed by atoms with Crippen molar-refractivity contribution in [1.82, 2.24) is 0 Å². The Balaban J connectivity index is 1.90. The molecule has 172 valence electrons. The molecule has 0 saturated heterocycles.